The van der Waals surface area contributed by atoms with Crippen LogP contribution in [0.3, 0.4) is 0 Å². The van der Waals surface area contributed by atoms with Gasteiger partial charge >= 0.3 is 0 Å². The Hall–Kier alpha value is -3.31. The lowest BCUT2D eigenvalue weighted by Gasteiger charge is -2.38. The Morgan fingerprint density at radius 3 is 2.53 bits per heavy atom. The summed E-state index contributed by atoms with van der Waals surface area (Å²) in [5.41, 5.74) is 1.44. The van der Waals surface area contributed by atoms with Gasteiger partial charge < -0.3 is 5.32 Å². The van der Waals surface area contributed by atoms with Crippen molar-refractivity contribution in [1.82, 2.24) is 0 Å². The van der Waals surface area contributed by atoms with E-state index in [9.17, 15) is 26.4 Å². The molecule has 2 unspecified atom stereocenters. The number of sulfonamides is 2. The summed E-state index contributed by atoms with van der Waals surface area (Å²) in [7, 11) is -7.97. The minimum absolute atomic E-state index is 0.0531. The lowest BCUT2D eigenvalue weighted by atomic mass is 9.63. The van der Waals surface area contributed by atoms with E-state index in [2.05, 4.69) is 20.5 Å². The maximum absolute atomic E-state index is 14.1. The molecule has 0 aromatic heterocycles. The number of rotatable bonds is 5. The summed E-state index contributed by atoms with van der Waals surface area (Å²) in [6.07, 6.45) is 8.88. The first-order valence-corrected chi connectivity index (χ1v) is 15.8. The van der Waals surface area contributed by atoms with Crippen LogP contribution in [0.2, 0.25) is 0 Å². The van der Waals surface area contributed by atoms with Crippen molar-refractivity contribution < 1.29 is 26.4 Å². The van der Waals surface area contributed by atoms with E-state index in [1.165, 1.54) is 24.1 Å². The minimum Gasteiger partial charge on any atom is -0.341 e. The predicted molar refractivity (Wildman–Crippen MR) is 146 cm³/mol. The molecule has 0 saturated heterocycles. The fraction of sp³-hybridized carbons (Fsp3) is 0.370. The van der Waals surface area contributed by atoms with E-state index in [1.54, 1.807) is 24.3 Å². The molecule has 3 aliphatic rings. The van der Waals surface area contributed by atoms with Crippen molar-refractivity contribution >= 4 is 48.8 Å². The van der Waals surface area contributed by atoms with Gasteiger partial charge in [0.25, 0.3) is 10.0 Å². The number of carbonyl (C=O) groups excluding carboxylic acids is 2. The molecule has 1 heterocycles. The molecule has 2 N–H and O–H groups in total. The lowest BCUT2D eigenvalue weighted by molar-refractivity contribution is -0.125. The van der Waals surface area contributed by atoms with Crippen LogP contribution in [0.15, 0.2) is 63.4 Å². The highest BCUT2D eigenvalue weighted by Crippen LogP contribution is 2.42. The number of amidine groups is 1. The zero-order chi connectivity index (χ0) is 27.3. The smallest absolute Gasteiger partial charge is 0.286 e. The van der Waals surface area contributed by atoms with Crippen LogP contribution in [0.4, 0.5) is 11.4 Å². The van der Waals surface area contributed by atoms with Crippen molar-refractivity contribution in [3.8, 4) is 0 Å². The van der Waals surface area contributed by atoms with Crippen LogP contribution in [-0.4, -0.2) is 40.5 Å². The standard InChI is InChI=1S/C27H29N3O6S2/c1-27(15-14-17-8-4-3-5-9-17)20-11-7-6-10-19(20)24(31)23(25(27)32)26-28-21-13-12-18(29-37(2,33)34)16-22(21)38(35,36)30-26/h6-7,10-14,16,23,29H,3-5,8-9,15H2,1-2H3,(H,28,30). The number of fused-ring (bicyclic) bond motifs is 2. The van der Waals surface area contributed by atoms with Gasteiger partial charge in [0.2, 0.25) is 10.0 Å². The maximum atomic E-state index is 14.1. The average Bonchev–Trinajstić information content (AvgIpc) is 2.86. The first-order chi connectivity index (χ1) is 17.9. The predicted octanol–water partition coefficient (Wildman–Crippen LogP) is 4.19. The molecular weight excluding hydrogens is 526 g/mol. The van der Waals surface area contributed by atoms with Gasteiger partial charge in [-0.15, -0.1) is 4.40 Å². The number of benzene rings is 2. The van der Waals surface area contributed by atoms with Crippen molar-refractivity contribution in [2.45, 2.75) is 55.8 Å². The molecule has 9 nitrogen and oxygen atoms in total. The number of ketones is 2. The molecule has 5 rings (SSSR count). The number of allylic oxidation sites excluding steroid dienone is 2. The third-order valence-corrected chi connectivity index (χ3v) is 9.40. The molecule has 200 valence electrons. The Morgan fingerprint density at radius 2 is 1.82 bits per heavy atom. The molecule has 2 aromatic carbocycles. The van der Waals surface area contributed by atoms with Gasteiger partial charge in [0, 0.05) is 11.3 Å². The van der Waals surface area contributed by atoms with Crippen LogP contribution >= 0.6 is 0 Å². The van der Waals surface area contributed by atoms with Gasteiger partial charge in [-0.2, -0.15) is 8.42 Å². The molecular formula is C27H29N3O6S2. The third-order valence-electron chi connectivity index (χ3n) is 7.47. The summed E-state index contributed by atoms with van der Waals surface area (Å²) >= 11 is 0. The third kappa shape index (κ3) is 4.80. The van der Waals surface area contributed by atoms with Crippen LogP contribution in [0.1, 0.15) is 61.4 Å². The Balaban J connectivity index is 1.55. The first-order valence-electron chi connectivity index (χ1n) is 12.5. The van der Waals surface area contributed by atoms with Crippen LogP contribution in [-0.2, 0) is 30.3 Å². The molecule has 1 fully saturated rings. The second kappa shape index (κ2) is 9.46. The molecule has 1 aliphatic heterocycles. The summed E-state index contributed by atoms with van der Waals surface area (Å²) in [6, 6.07) is 10.9. The zero-order valence-corrected chi connectivity index (χ0v) is 22.8. The van der Waals surface area contributed by atoms with Crippen molar-refractivity contribution in [2.75, 3.05) is 16.3 Å². The highest BCUT2D eigenvalue weighted by Gasteiger charge is 2.51. The molecule has 0 radical (unpaired) electrons. The maximum Gasteiger partial charge on any atom is 0.286 e. The summed E-state index contributed by atoms with van der Waals surface area (Å²) in [5, 5.41) is 2.88. The van der Waals surface area contributed by atoms with E-state index >= 15 is 0 Å². The number of hydrogen-bond acceptors (Lipinski definition) is 7. The zero-order valence-electron chi connectivity index (χ0n) is 21.2. The minimum atomic E-state index is -4.34. The number of Topliss-reactive ketones (excluding diaryl/α,β-unsaturated/α-hetero) is 2. The fourth-order valence-corrected chi connectivity index (χ4v) is 7.24. The molecule has 2 atom stereocenters. The SMILES string of the molecule is CC1(CC=C2CCCCC2)C(=O)C(C2=NS(=O)(=O)c3cc(NS(C)(=O)=O)ccc3N2)C(=O)c2ccccc21. The van der Waals surface area contributed by atoms with Gasteiger partial charge in [-0.25, -0.2) is 8.42 Å². The highest BCUT2D eigenvalue weighted by atomic mass is 32.2. The van der Waals surface area contributed by atoms with E-state index < -0.39 is 42.9 Å². The van der Waals surface area contributed by atoms with Gasteiger partial charge in [-0.1, -0.05) is 42.3 Å². The van der Waals surface area contributed by atoms with E-state index in [0.29, 0.717) is 17.5 Å². The summed E-state index contributed by atoms with van der Waals surface area (Å²) in [6.45, 7) is 1.81. The molecule has 2 aromatic rings. The fourth-order valence-electron chi connectivity index (χ4n) is 5.50. The van der Waals surface area contributed by atoms with E-state index in [-0.39, 0.29) is 22.1 Å². The summed E-state index contributed by atoms with van der Waals surface area (Å²) < 4.78 is 55.6. The normalized spacial score (nSPS) is 24.5. The Kier molecular flexibility index (Phi) is 6.55. The van der Waals surface area contributed by atoms with E-state index in [4.69, 9.17) is 0 Å². The van der Waals surface area contributed by atoms with Gasteiger partial charge in [-0.3, -0.25) is 14.3 Å². The molecule has 2 aliphatic carbocycles. The first kappa shape index (κ1) is 26.3. The largest absolute Gasteiger partial charge is 0.341 e. The second-order valence-electron chi connectivity index (χ2n) is 10.3. The van der Waals surface area contributed by atoms with Gasteiger partial charge in [0.05, 0.1) is 17.4 Å². The second-order valence-corrected chi connectivity index (χ2v) is 13.6. The molecule has 0 amide bonds. The Morgan fingerprint density at radius 1 is 1.11 bits per heavy atom. The Bertz CT molecular complexity index is 1620. The topological polar surface area (TPSA) is 139 Å². The number of carbonyl (C=O) groups is 2. The van der Waals surface area contributed by atoms with Crippen molar-refractivity contribution in [3.05, 3.63) is 65.2 Å². The molecule has 1 saturated carbocycles. The molecule has 38 heavy (non-hydrogen) atoms. The number of nitrogens with one attached hydrogen (secondary N) is 2. The number of nitrogens with zero attached hydrogens (tertiary/aromatic N) is 1. The molecule has 0 spiro atoms. The van der Waals surface area contributed by atoms with Crippen LogP contribution in [0.25, 0.3) is 0 Å². The van der Waals surface area contributed by atoms with Crippen molar-refractivity contribution in [2.24, 2.45) is 10.3 Å². The average molecular weight is 556 g/mol. The number of hydrogen-bond donors (Lipinski definition) is 2. The van der Waals surface area contributed by atoms with Crippen molar-refractivity contribution in [1.29, 1.82) is 0 Å². The van der Waals surface area contributed by atoms with Crippen molar-refractivity contribution in [3.63, 3.8) is 0 Å². The summed E-state index contributed by atoms with van der Waals surface area (Å²) in [5.74, 6) is -2.58. The van der Waals surface area contributed by atoms with Gasteiger partial charge in [0.15, 0.2) is 11.6 Å². The monoisotopic (exact) mass is 555 g/mol. The summed E-state index contributed by atoms with van der Waals surface area (Å²) in [4.78, 5) is 27.5. The molecule has 11 heteroatoms. The van der Waals surface area contributed by atoms with Crippen LogP contribution < -0.4 is 10.0 Å². The lowest BCUT2D eigenvalue weighted by Crippen LogP contribution is -2.51. The van der Waals surface area contributed by atoms with E-state index in [0.717, 1.165) is 38.0 Å². The van der Waals surface area contributed by atoms with Crippen LogP contribution in [0, 0.1) is 5.92 Å². The van der Waals surface area contributed by atoms with Gasteiger partial charge in [-0.05, 0) is 62.8 Å². The highest BCUT2D eigenvalue weighted by molar-refractivity contribution is 7.92. The van der Waals surface area contributed by atoms with E-state index in [1.807, 2.05) is 6.92 Å². The number of anilines is 2. The van der Waals surface area contributed by atoms with Gasteiger partial charge in [0.1, 0.15) is 16.6 Å². The quantitative estimate of drug-likeness (QED) is 0.417. The van der Waals surface area contributed by atoms with Crippen LogP contribution in [0.5, 0.6) is 0 Å². The Labute approximate surface area is 222 Å². The molecule has 0 bridgehead atoms.